The SMILES string of the molecule is C#CCCc1oc2c(ccc3c4cc(-c5c6ccccc6c(-c6cccc(-c7ccc8ccccc8c7)c6)c6ccccc56)ccc4oc32)c1C. The number of hydrogen-bond donors (Lipinski definition) is 0. The molecular weight excluding hydrogens is 621 g/mol. The first-order chi connectivity index (χ1) is 25.2. The molecule has 2 heterocycles. The highest BCUT2D eigenvalue weighted by Gasteiger charge is 2.20. The van der Waals surface area contributed by atoms with Crippen LogP contribution in [0.1, 0.15) is 17.7 Å². The van der Waals surface area contributed by atoms with E-state index < -0.39 is 0 Å². The maximum absolute atomic E-state index is 6.52. The summed E-state index contributed by atoms with van der Waals surface area (Å²) >= 11 is 0. The number of aryl methyl sites for hydroxylation is 2. The predicted molar refractivity (Wildman–Crippen MR) is 214 cm³/mol. The summed E-state index contributed by atoms with van der Waals surface area (Å²) in [4.78, 5) is 0. The molecule has 0 amide bonds. The monoisotopic (exact) mass is 652 g/mol. The summed E-state index contributed by atoms with van der Waals surface area (Å²) in [5, 5.41) is 10.6. The second kappa shape index (κ2) is 11.5. The summed E-state index contributed by atoms with van der Waals surface area (Å²) in [5.74, 6) is 3.67. The number of terminal acetylenes is 1. The fraction of sp³-hybridized carbons (Fsp3) is 0.0612. The molecule has 0 fully saturated rings. The summed E-state index contributed by atoms with van der Waals surface area (Å²) in [6.45, 7) is 2.10. The van der Waals surface area contributed by atoms with Crippen LogP contribution in [0.15, 0.2) is 154 Å². The van der Waals surface area contributed by atoms with Gasteiger partial charge in [-0.3, -0.25) is 0 Å². The lowest BCUT2D eigenvalue weighted by Crippen LogP contribution is -1.91. The van der Waals surface area contributed by atoms with Gasteiger partial charge in [0.05, 0.1) is 0 Å². The standard InChI is InChI=1S/C49H32O2/c1-3-4-20-44-30(2)37-24-25-42-43-29-36(23-26-45(43)51-49(42)48(37)50-44)47-40-18-9-7-16-38(40)46(39-17-8-10-19-41(39)47)35-15-11-14-33(28-35)34-22-21-31-12-5-6-13-32(31)27-34/h1,5-19,21-29H,4,20H2,2H3. The summed E-state index contributed by atoms with van der Waals surface area (Å²) in [7, 11) is 0. The zero-order valence-electron chi connectivity index (χ0n) is 28.2. The van der Waals surface area contributed by atoms with Crippen LogP contribution in [0.4, 0.5) is 0 Å². The van der Waals surface area contributed by atoms with Crippen LogP contribution >= 0.6 is 0 Å². The molecule has 51 heavy (non-hydrogen) atoms. The molecular formula is C49H32O2. The minimum atomic E-state index is 0.643. The molecule has 0 atom stereocenters. The minimum absolute atomic E-state index is 0.643. The van der Waals surface area contributed by atoms with Gasteiger partial charge in [-0.05, 0) is 115 Å². The van der Waals surface area contributed by atoms with Gasteiger partial charge in [0.1, 0.15) is 11.3 Å². The van der Waals surface area contributed by atoms with E-state index >= 15 is 0 Å². The van der Waals surface area contributed by atoms with Gasteiger partial charge in [0.25, 0.3) is 0 Å². The number of rotatable bonds is 5. The van der Waals surface area contributed by atoms with E-state index in [1.807, 2.05) is 0 Å². The summed E-state index contributed by atoms with van der Waals surface area (Å²) in [6.07, 6.45) is 6.92. The van der Waals surface area contributed by atoms with Crippen molar-refractivity contribution in [2.24, 2.45) is 0 Å². The van der Waals surface area contributed by atoms with Crippen LogP contribution in [-0.4, -0.2) is 0 Å². The highest BCUT2D eigenvalue weighted by atomic mass is 16.4. The smallest absolute Gasteiger partial charge is 0.178 e. The minimum Gasteiger partial charge on any atom is -0.457 e. The van der Waals surface area contributed by atoms with Gasteiger partial charge >= 0.3 is 0 Å². The largest absolute Gasteiger partial charge is 0.457 e. The summed E-state index contributed by atoms with van der Waals surface area (Å²) in [5.41, 5.74) is 10.8. The molecule has 0 N–H and O–H groups in total. The second-order valence-electron chi connectivity index (χ2n) is 13.5. The van der Waals surface area contributed by atoms with Gasteiger partial charge in [-0.2, -0.15) is 0 Å². The van der Waals surface area contributed by atoms with E-state index in [4.69, 9.17) is 15.3 Å². The van der Waals surface area contributed by atoms with Crippen molar-refractivity contribution in [2.45, 2.75) is 19.8 Å². The van der Waals surface area contributed by atoms with E-state index in [1.165, 1.54) is 60.1 Å². The van der Waals surface area contributed by atoms with Gasteiger partial charge in [-0.25, -0.2) is 0 Å². The normalized spacial score (nSPS) is 11.8. The van der Waals surface area contributed by atoms with Gasteiger partial charge in [0.15, 0.2) is 11.2 Å². The molecule has 0 saturated heterocycles. The fourth-order valence-corrected chi connectivity index (χ4v) is 8.12. The third-order valence-electron chi connectivity index (χ3n) is 10.6. The molecule has 0 aliphatic heterocycles. The van der Waals surface area contributed by atoms with Gasteiger partial charge < -0.3 is 8.83 Å². The summed E-state index contributed by atoms with van der Waals surface area (Å²) < 4.78 is 12.9. The van der Waals surface area contributed by atoms with Crippen LogP contribution in [-0.2, 0) is 6.42 Å². The number of furan rings is 2. The molecule has 0 radical (unpaired) electrons. The zero-order chi connectivity index (χ0) is 34.1. The van der Waals surface area contributed by atoms with Gasteiger partial charge in [-0.1, -0.05) is 109 Å². The molecule has 0 aliphatic rings. The molecule has 2 nitrogen and oxygen atoms in total. The second-order valence-corrected chi connectivity index (χ2v) is 13.5. The lowest BCUT2D eigenvalue weighted by Gasteiger charge is -2.18. The highest BCUT2D eigenvalue weighted by Crippen LogP contribution is 2.46. The van der Waals surface area contributed by atoms with E-state index in [9.17, 15) is 0 Å². The summed E-state index contributed by atoms with van der Waals surface area (Å²) in [6, 6.07) is 52.8. The Morgan fingerprint density at radius 2 is 1.06 bits per heavy atom. The molecule has 0 unspecified atom stereocenters. The van der Waals surface area contributed by atoms with Crippen LogP contribution in [0.3, 0.4) is 0 Å². The Labute approximate surface area is 295 Å². The van der Waals surface area contributed by atoms with Crippen LogP contribution in [0, 0.1) is 19.3 Å². The van der Waals surface area contributed by atoms with Crippen molar-refractivity contribution in [1.29, 1.82) is 0 Å². The zero-order valence-corrected chi connectivity index (χ0v) is 28.2. The van der Waals surface area contributed by atoms with E-state index in [2.05, 4.69) is 158 Å². The van der Waals surface area contributed by atoms with Crippen LogP contribution in [0.2, 0.25) is 0 Å². The number of benzene rings is 8. The molecule has 2 aromatic heterocycles. The Morgan fingerprint density at radius 3 is 1.78 bits per heavy atom. The molecule has 0 saturated carbocycles. The Hall–Kier alpha value is -6.56. The van der Waals surface area contributed by atoms with Crippen molar-refractivity contribution in [3.63, 3.8) is 0 Å². The van der Waals surface area contributed by atoms with Crippen molar-refractivity contribution in [2.75, 3.05) is 0 Å². The van der Waals surface area contributed by atoms with Crippen molar-refractivity contribution in [3.05, 3.63) is 157 Å². The first kappa shape index (κ1) is 29.4. The molecule has 0 aliphatic carbocycles. The molecule has 10 aromatic rings. The lowest BCUT2D eigenvalue weighted by molar-refractivity contribution is 0.541. The van der Waals surface area contributed by atoms with Crippen LogP contribution in [0.25, 0.3) is 98.6 Å². The number of hydrogen-bond acceptors (Lipinski definition) is 2. The average Bonchev–Trinajstić information content (AvgIpc) is 3.72. The van der Waals surface area contributed by atoms with Crippen LogP contribution in [0.5, 0.6) is 0 Å². The Kier molecular flexibility index (Phi) is 6.63. The van der Waals surface area contributed by atoms with Gasteiger partial charge in [0.2, 0.25) is 0 Å². The highest BCUT2D eigenvalue weighted by molar-refractivity contribution is 6.22. The maximum atomic E-state index is 6.52. The maximum Gasteiger partial charge on any atom is 0.178 e. The van der Waals surface area contributed by atoms with E-state index in [0.717, 1.165) is 49.8 Å². The van der Waals surface area contributed by atoms with Gasteiger partial charge in [-0.15, -0.1) is 12.3 Å². The van der Waals surface area contributed by atoms with Gasteiger partial charge in [0, 0.05) is 29.0 Å². The molecule has 2 heteroatoms. The Balaban J connectivity index is 1.17. The topological polar surface area (TPSA) is 26.3 Å². The Morgan fingerprint density at radius 1 is 0.471 bits per heavy atom. The van der Waals surface area contributed by atoms with Crippen molar-refractivity contribution in [3.8, 4) is 45.7 Å². The third-order valence-corrected chi connectivity index (χ3v) is 10.6. The van der Waals surface area contributed by atoms with E-state index in [1.54, 1.807) is 0 Å². The lowest BCUT2D eigenvalue weighted by atomic mass is 9.85. The van der Waals surface area contributed by atoms with E-state index in [-0.39, 0.29) is 0 Å². The molecule has 240 valence electrons. The fourth-order valence-electron chi connectivity index (χ4n) is 8.12. The van der Waals surface area contributed by atoms with Crippen LogP contribution < -0.4 is 0 Å². The molecule has 0 bridgehead atoms. The quantitative estimate of drug-likeness (QED) is 0.137. The first-order valence-corrected chi connectivity index (χ1v) is 17.5. The third kappa shape index (κ3) is 4.59. The molecule has 10 rings (SSSR count). The molecule has 0 spiro atoms. The molecule has 8 aromatic carbocycles. The first-order valence-electron chi connectivity index (χ1n) is 17.5. The average molecular weight is 653 g/mol. The van der Waals surface area contributed by atoms with E-state index in [0.29, 0.717) is 12.8 Å². The number of fused-ring (bicyclic) bond motifs is 8. The van der Waals surface area contributed by atoms with Crippen molar-refractivity contribution < 1.29 is 8.83 Å². The Bertz CT molecular complexity index is 3000. The predicted octanol–water partition coefficient (Wildman–Crippen LogP) is 13.7. The van der Waals surface area contributed by atoms with Crippen molar-refractivity contribution >= 4 is 65.2 Å². The van der Waals surface area contributed by atoms with Crippen molar-refractivity contribution in [1.82, 2.24) is 0 Å².